The molecule has 0 radical (unpaired) electrons. The summed E-state index contributed by atoms with van der Waals surface area (Å²) in [5, 5.41) is 8.59. The summed E-state index contributed by atoms with van der Waals surface area (Å²) >= 11 is 0. The third-order valence-corrected chi connectivity index (χ3v) is 6.56. The van der Waals surface area contributed by atoms with Crippen LogP contribution in [0.4, 0.5) is 0 Å². The van der Waals surface area contributed by atoms with Crippen molar-refractivity contribution in [2.24, 2.45) is 0 Å². The van der Waals surface area contributed by atoms with Gasteiger partial charge in [0.25, 0.3) is 0 Å². The first-order chi connectivity index (χ1) is 15.8. The van der Waals surface area contributed by atoms with Crippen LogP contribution in [0.5, 0.6) is 0 Å². The zero-order chi connectivity index (χ0) is 24.0. The lowest BCUT2D eigenvalue weighted by atomic mass is 9.87. The van der Waals surface area contributed by atoms with Crippen LogP contribution in [0.2, 0.25) is 0 Å². The summed E-state index contributed by atoms with van der Waals surface area (Å²) in [6.45, 7) is 2.05. The van der Waals surface area contributed by atoms with Crippen molar-refractivity contribution in [1.82, 2.24) is 20.9 Å². The van der Waals surface area contributed by atoms with Gasteiger partial charge in [-0.1, -0.05) is 24.3 Å². The van der Waals surface area contributed by atoms with Crippen LogP contribution in [0, 0.1) is 0 Å². The second-order valence-electron chi connectivity index (χ2n) is 8.69. The van der Waals surface area contributed by atoms with Crippen LogP contribution in [-0.4, -0.2) is 67.4 Å². The van der Waals surface area contributed by atoms with Crippen LogP contribution >= 0.6 is 0 Å². The Labute approximate surface area is 194 Å². The number of nitrogens with one attached hydrogen (secondary N) is 3. The highest BCUT2D eigenvalue weighted by Gasteiger charge is 2.39. The third-order valence-electron chi connectivity index (χ3n) is 6.56. The topological polar surface area (TPSA) is 117 Å². The van der Waals surface area contributed by atoms with E-state index in [9.17, 15) is 19.2 Å². The zero-order valence-corrected chi connectivity index (χ0v) is 19.6. The van der Waals surface area contributed by atoms with Gasteiger partial charge in [-0.15, -0.1) is 0 Å². The maximum atomic E-state index is 13.4. The molecule has 0 aromatic heterocycles. The van der Waals surface area contributed by atoms with E-state index in [1.165, 1.54) is 17.6 Å². The summed E-state index contributed by atoms with van der Waals surface area (Å²) in [4.78, 5) is 52.4. The minimum atomic E-state index is -1.09. The number of benzene rings is 1. The molecule has 9 nitrogen and oxygen atoms in total. The molecule has 33 heavy (non-hydrogen) atoms. The second kappa shape index (κ2) is 11.3. The Bertz CT molecular complexity index is 889. The molecule has 0 saturated carbocycles. The monoisotopic (exact) mass is 458 g/mol. The SMILES string of the molecule is CN[C@@H](C)C(=O)N[C@@H](CC(=O)OC)C(=O)N1CCC[C@H]1C(=O)NC1CCCc2ccccc21. The summed E-state index contributed by atoms with van der Waals surface area (Å²) in [5.41, 5.74) is 2.37. The van der Waals surface area contributed by atoms with Crippen molar-refractivity contribution < 1.29 is 23.9 Å². The van der Waals surface area contributed by atoms with Gasteiger partial charge in [-0.3, -0.25) is 19.2 Å². The number of carbonyl (C=O) groups is 4. The Morgan fingerprint density at radius 2 is 1.91 bits per heavy atom. The van der Waals surface area contributed by atoms with Crippen molar-refractivity contribution in [3.05, 3.63) is 35.4 Å². The lowest BCUT2D eigenvalue weighted by Crippen LogP contribution is -2.56. The number of amides is 3. The molecule has 1 aliphatic carbocycles. The van der Waals surface area contributed by atoms with Crippen molar-refractivity contribution in [2.45, 2.75) is 69.6 Å². The highest BCUT2D eigenvalue weighted by molar-refractivity contribution is 5.95. The van der Waals surface area contributed by atoms with Crippen LogP contribution in [0.1, 0.15) is 56.2 Å². The standard InChI is InChI=1S/C24H34N4O5/c1-15(25-2)22(30)27-19(14-21(29)33-3)24(32)28-13-7-12-20(28)23(31)26-18-11-6-9-16-8-4-5-10-17(16)18/h4-5,8,10,15,18-20,25H,6-7,9,11-14H2,1-3H3,(H,26,31)(H,27,30)/t15-,18?,19-,20-/m0/s1. The molecule has 3 amide bonds. The highest BCUT2D eigenvalue weighted by Crippen LogP contribution is 2.30. The van der Waals surface area contributed by atoms with Gasteiger partial charge in [0, 0.05) is 6.54 Å². The lowest BCUT2D eigenvalue weighted by molar-refractivity contribution is -0.147. The van der Waals surface area contributed by atoms with Crippen LogP contribution in [0.3, 0.4) is 0 Å². The predicted molar refractivity (Wildman–Crippen MR) is 122 cm³/mol. The van der Waals surface area contributed by atoms with E-state index in [1.807, 2.05) is 18.2 Å². The Kier molecular flexibility index (Phi) is 8.43. The van der Waals surface area contributed by atoms with Crippen LogP contribution < -0.4 is 16.0 Å². The molecule has 0 spiro atoms. The fraction of sp³-hybridized carbons (Fsp3) is 0.583. The Morgan fingerprint density at radius 3 is 2.64 bits per heavy atom. The second-order valence-corrected chi connectivity index (χ2v) is 8.69. The number of carbonyl (C=O) groups excluding carboxylic acids is 4. The molecule has 3 rings (SSSR count). The summed E-state index contributed by atoms with van der Waals surface area (Å²) in [5.74, 6) is -1.66. The van der Waals surface area contributed by atoms with Crippen LogP contribution in [-0.2, 0) is 30.3 Å². The number of hydrogen-bond acceptors (Lipinski definition) is 6. The first kappa shape index (κ1) is 24.7. The minimum Gasteiger partial charge on any atom is -0.469 e. The van der Waals surface area contributed by atoms with Crippen LogP contribution in [0.15, 0.2) is 24.3 Å². The molecule has 1 heterocycles. The summed E-state index contributed by atoms with van der Waals surface area (Å²) in [6.07, 6.45) is 3.77. The Balaban J connectivity index is 1.72. The van der Waals surface area contributed by atoms with E-state index in [0.717, 1.165) is 24.8 Å². The third kappa shape index (κ3) is 5.90. The first-order valence-corrected chi connectivity index (χ1v) is 11.6. The molecule has 1 aromatic rings. The van der Waals surface area contributed by atoms with Gasteiger partial charge in [0.15, 0.2) is 0 Å². The summed E-state index contributed by atoms with van der Waals surface area (Å²) in [7, 11) is 2.86. The van der Waals surface area contributed by atoms with Gasteiger partial charge < -0.3 is 25.6 Å². The molecular weight excluding hydrogens is 424 g/mol. The van der Waals surface area contributed by atoms with Crippen molar-refractivity contribution in [3.63, 3.8) is 0 Å². The number of methoxy groups -OCH3 is 1. The van der Waals surface area contributed by atoms with Gasteiger partial charge in [-0.25, -0.2) is 0 Å². The predicted octanol–water partition coefficient (Wildman–Crippen LogP) is 0.827. The number of likely N-dealkylation sites (tertiary alicyclic amines) is 1. The van der Waals surface area contributed by atoms with E-state index in [4.69, 9.17) is 4.74 Å². The Hall–Kier alpha value is -2.94. The fourth-order valence-electron chi connectivity index (χ4n) is 4.55. The number of rotatable bonds is 8. The van der Waals surface area contributed by atoms with Crippen molar-refractivity contribution in [3.8, 4) is 0 Å². The normalized spacial score (nSPS) is 21.5. The molecule has 4 atom stereocenters. The molecule has 9 heteroatoms. The van der Waals surface area contributed by atoms with E-state index in [0.29, 0.717) is 19.4 Å². The van der Waals surface area contributed by atoms with E-state index in [2.05, 4.69) is 22.0 Å². The maximum Gasteiger partial charge on any atom is 0.308 e. The molecule has 3 N–H and O–H groups in total. The number of nitrogens with zero attached hydrogens (tertiary/aromatic N) is 1. The van der Waals surface area contributed by atoms with Crippen LogP contribution in [0.25, 0.3) is 0 Å². The van der Waals surface area contributed by atoms with Gasteiger partial charge in [-0.05, 0) is 57.2 Å². The van der Waals surface area contributed by atoms with Gasteiger partial charge in [-0.2, -0.15) is 0 Å². The highest BCUT2D eigenvalue weighted by atomic mass is 16.5. The fourth-order valence-corrected chi connectivity index (χ4v) is 4.55. The molecule has 1 aromatic carbocycles. The van der Waals surface area contributed by atoms with Crippen molar-refractivity contribution in [1.29, 1.82) is 0 Å². The molecule has 2 aliphatic rings. The first-order valence-electron chi connectivity index (χ1n) is 11.6. The number of ether oxygens (including phenoxy) is 1. The van der Waals surface area contributed by atoms with Gasteiger partial charge in [0.2, 0.25) is 17.7 Å². The Morgan fingerprint density at radius 1 is 1.15 bits per heavy atom. The number of aryl methyl sites for hydroxylation is 1. The van der Waals surface area contributed by atoms with E-state index in [-0.39, 0.29) is 18.4 Å². The van der Waals surface area contributed by atoms with E-state index < -0.39 is 35.9 Å². The largest absolute Gasteiger partial charge is 0.469 e. The number of hydrogen-bond donors (Lipinski definition) is 3. The molecule has 0 bridgehead atoms. The summed E-state index contributed by atoms with van der Waals surface area (Å²) in [6, 6.07) is 5.76. The van der Waals surface area contributed by atoms with E-state index >= 15 is 0 Å². The van der Waals surface area contributed by atoms with Gasteiger partial charge in [0.05, 0.1) is 25.6 Å². The molecule has 1 saturated heterocycles. The quantitative estimate of drug-likeness (QED) is 0.497. The van der Waals surface area contributed by atoms with E-state index in [1.54, 1.807) is 14.0 Å². The minimum absolute atomic E-state index is 0.0814. The zero-order valence-electron chi connectivity index (χ0n) is 19.6. The maximum absolute atomic E-state index is 13.4. The van der Waals surface area contributed by atoms with Crippen molar-refractivity contribution >= 4 is 23.7 Å². The summed E-state index contributed by atoms with van der Waals surface area (Å²) < 4.78 is 4.71. The van der Waals surface area contributed by atoms with Gasteiger partial charge >= 0.3 is 5.97 Å². The number of fused-ring (bicyclic) bond motifs is 1. The van der Waals surface area contributed by atoms with Crippen molar-refractivity contribution in [2.75, 3.05) is 20.7 Å². The molecule has 1 unspecified atom stereocenters. The number of esters is 1. The lowest BCUT2D eigenvalue weighted by Gasteiger charge is -2.31. The average molecular weight is 459 g/mol. The average Bonchev–Trinajstić information content (AvgIpc) is 3.32. The molecule has 1 aliphatic heterocycles. The smallest absolute Gasteiger partial charge is 0.308 e. The molecular formula is C24H34N4O5. The number of likely N-dealkylation sites (N-methyl/N-ethyl adjacent to an activating group) is 1. The molecule has 180 valence electrons. The molecule has 1 fully saturated rings. The van der Waals surface area contributed by atoms with Gasteiger partial charge in [0.1, 0.15) is 12.1 Å².